The van der Waals surface area contributed by atoms with Crippen LogP contribution in [0.3, 0.4) is 0 Å². The van der Waals surface area contributed by atoms with E-state index in [0.29, 0.717) is 0 Å². The van der Waals surface area contributed by atoms with Crippen LogP contribution in [0.25, 0.3) is 15.8 Å². The van der Waals surface area contributed by atoms with Gasteiger partial charge in [0.05, 0.1) is 10.2 Å². The maximum atomic E-state index is 5.97. The lowest BCUT2D eigenvalue weighted by Gasteiger charge is -2.10. The number of hydrogen-bond donors (Lipinski definition) is 1. The van der Waals surface area contributed by atoms with Crippen LogP contribution in [-0.2, 0) is 0 Å². The molecular weight excluding hydrogens is 240 g/mol. The van der Waals surface area contributed by atoms with Crippen LogP contribution in [0.2, 0.25) is 5.02 Å². The van der Waals surface area contributed by atoms with Gasteiger partial charge >= 0.3 is 0 Å². The van der Waals surface area contributed by atoms with E-state index in [9.17, 15) is 0 Å². The fraction of sp³-hybridized carbons (Fsp3) is 0.250. The molecule has 1 aromatic heterocycles. The second-order valence-corrected chi connectivity index (χ2v) is 5.28. The summed E-state index contributed by atoms with van der Waals surface area (Å²) >= 11 is 7.69. The molecule has 0 spiro atoms. The highest BCUT2D eigenvalue weighted by molar-refractivity contribution is 7.19. The van der Waals surface area contributed by atoms with Crippen LogP contribution in [0.15, 0.2) is 24.3 Å². The van der Waals surface area contributed by atoms with Crippen molar-refractivity contribution in [3.8, 4) is 0 Å². The van der Waals surface area contributed by atoms with Crippen molar-refractivity contribution in [3.63, 3.8) is 0 Å². The van der Waals surface area contributed by atoms with E-state index < -0.39 is 0 Å². The van der Waals surface area contributed by atoms with E-state index in [-0.39, 0.29) is 0 Å². The first-order chi connectivity index (χ1) is 7.83. The second kappa shape index (κ2) is 4.17. The molecule has 16 heavy (non-hydrogen) atoms. The largest absolute Gasteiger partial charge is 0.313 e. The Morgan fingerprint density at radius 3 is 3.12 bits per heavy atom. The molecule has 0 bridgehead atoms. The lowest BCUT2D eigenvalue weighted by molar-refractivity contribution is 0.738. The summed E-state index contributed by atoms with van der Waals surface area (Å²) in [6, 6.07) is 5.86. The first kappa shape index (κ1) is 10.3. The number of nitrogens with one attached hydrogen (secondary N) is 1. The van der Waals surface area contributed by atoms with E-state index in [1.165, 1.54) is 10.3 Å². The van der Waals surface area contributed by atoms with Gasteiger partial charge in [0.2, 0.25) is 0 Å². The Hall–Kier alpha value is -0.900. The minimum Gasteiger partial charge on any atom is -0.313 e. The van der Waals surface area contributed by atoms with Gasteiger partial charge in [0.25, 0.3) is 0 Å². The summed E-state index contributed by atoms with van der Waals surface area (Å²) in [5.41, 5.74) is 2.40. The summed E-state index contributed by atoms with van der Waals surface area (Å²) < 4.78 is 1.17. The molecule has 2 aromatic rings. The Morgan fingerprint density at radius 1 is 1.38 bits per heavy atom. The molecule has 0 fully saturated rings. The number of fused-ring (bicyclic) bond motifs is 1. The van der Waals surface area contributed by atoms with Crippen LogP contribution in [0.4, 0.5) is 0 Å². The summed E-state index contributed by atoms with van der Waals surface area (Å²) in [5, 5.41) is 5.22. The van der Waals surface area contributed by atoms with E-state index in [2.05, 4.69) is 16.4 Å². The Morgan fingerprint density at radius 2 is 2.31 bits per heavy atom. The molecule has 0 saturated carbocycles. The van der Waals surface area contributed by atoms with Crippen molar-refractivity contribution in [3.05, 3.63) is 34.3 Å². The Kier molecular flexibility index (Phi) is 2.67. The zero-order valence-corrected chi connectivity index (χ0v) is 10.2. The number of thiazole rings is 1. The van der Waals surface area contributed by atoms with Crippen molar-refractivity contribution in [2.45, 2.75) is 6.42 Å². The number of halogens is 1. The summed E-state index contributed by atoms with van der Waals surface area (Å²) in [6.07, 6.45) is 3.29. The van der Waals surface area contributed by atoms with E-state index in [4.69, 9.17) is 11.6 Å². The molecule has 1 aliphatic heterocycles. The Balaban J connectivity index is 2.07. The maximum Gasteiger partial charge on any atom is 0.120 e. The monoisotopic (exact) mass is 250 g/mol. The zero-order chi connectivity index (χ0) is 11.0. The molecule has 0 aliphatic carbocycles. The number of hydrogen-bond acceptors (Lipinski definition) is 3. The first-order valence-electron chi connectivity index (χ1n) is 5.29. The van der Waals surface area contributed by atoms with Crippen LogP contribution in [0, 0.1) is 0 Å². The van der Waals surface area contributed by atoms with E-state index in [1.807, 2.05) is 18.2 Å². The summed E-state index contributed by atoms with van der Waals surface area (Å²) in [4.78, 5) is 4.64. The minimum atomic E-state index is 0.780. The molecule has 1 aliphatic rings. The number of aromatic nitrogens is 1. The molecule has 0 unspecified atom stereocenters. The van der Waals surface area contributed by atoms with Crippen LogP contribution < -0.4 is 5.32 Å². The predicted molar refractivity (Wildman–Crippen MR) is 70.1 cm³/mol. The van der Waals surface area contributed by atoms with Gasteiger partial charge in [0.15, 0.2) is 0 Å². The van der Waals surface area contributed by atoms with Gasteiger partial charge in [-0.15, -0.1) is 11.3 Å². The van der Waals surface area contributed by atoms with Gasteiger partial charge in [0.1, 0.15) is 5.01 Å². The molecule has 2 nitrogen and oxygen atoms in total. The van der Waals surface area contributed by atoms with E-state index in [1.54, 1.807) is 11.3 Å². The van der Waals surface area contributed by atoms with Crippen molar-refractivity contribution >= 4 is 38.7 Å². The third-order valence-corrected chi connectivity index (χ3v) is 4.02. The third kappa shape index (κ3) is 1.86. The highest BCUT2D eigenvalue weighted by Gasteiger charge is 2.11. The molecule has 0 atom stereocenters. The van der Waals surface area contributed by atoms with Crippen LogP contribution in [0.5, 0.6) is 0 Å². The molecule has 1 N–H and O–H groups in total. The number of nitrogens with zero attached hydrogens (tertiary/aromatic N) is 1. The topological polar surface area (TPSA) is 24.9 Å². The lowest BCUT2D eigenvalue weighted by Crippen LogP contribution is -2.19. The van der Waals surface area contributed by atoms with Crippen LogP contribution in [-0.4, -0.2) is 18.1 Å². The summed E-state index contributed by atoms with van der Waals surface area (Å²) in [5.74, 6) is 0. The molecule has 82 valence electrons. The zero-order valence-electron chi connectivity index (χ0n) is 8.66. The van der Waals surface area contributed by atoms with Gasteiger partial charge in [0, 0.05) is 11.6 Å². The highest BCUT2D eigenvalue weighted by Crippen LogP contribution is 2.30. The predicted octanol–water partition coefficient (Wildman–Crippen LogP) is 3.33. The number of rotatable bonds is 1. The fourth-order valence-corrected chi connectivity index (χ4v) is 3.16. The second-order valence-electron chi connectivity index (χ2n) is 3.81. The number of benzene rings is 1. The highest BCUT2D eigenvalue weighted by atomic mass is 35.5. The summed E-state index contributed by atoms with van der Waals surface area (Å²) in [7, 11) is 0. The Labute approximate surface area is 103 Å². The van der Waals surface area contributed by atoms with E-state index >= 15 is 0 Å². The Bertz CT molecular complexity index is 559. The van der Waals surface area contributed by atoms with Crippen LogP contribution in [0.1, 0.15) is 11.4 Å². The van der Waals surface area contributed by atoms with Gasteiger partial charge in [-0.1, -0.05) is 17.7 Å². The fourth-order valence-electron chi connectivity index (χ4n) is 1.85. The quantitative estimate of drug-likeness (QED) is 0.840. The molecular formula is C12H11ClN2S. The molecule has 0 radical (unpaired) electrons. The molecule has 4 heteroatoms. The van der Waals surface area contributed by atoms with Gasteiger partial charge < -0.3 is 5.32 Å². The minimum absolute atomic E-state index is 0.780. The van der Waals surface area contributed by atoms with Crippen molar-refractivity contribution < 1.29 is 0 Å². The maximum absolute atomic E-state index is 5.97. The first-order valence-corrected chi connectivity index (χ1v) is 6.48. The average Bonchev–Trinajstić information content (AvgIpc) is 2.73. The SMILES string of the molecule is Clc1ccc2nc(C3=CCNCC3)sc2c1. The average molecular weight is 251 g/mol. The molecule has 1 aromatic carbocycles. The molecule has 2 heterocycles. The van der Waals surface area contributed by atoms with Gasteiger partial charge in [-0.25, -0.2) is 4.98 Å². The standard InChI is InChI=1S/C12H11ClN2S/c13-9-1-2-10-11(7-9)16-12(15-10)8-3-5-14-6-4-8/h1-3,7,14H,4-6H2. The smallest absolute Gasteiger partial charge is 0.120 e. The van der Waals surface area contributed by atoms with Crippen molar-refractivity contribution in [1.29, 1.82) is 0 Å². The van der Waals surface area contributed by atoms with Crippen molar-refractivity contribution in [2.75, 3.05) is 13.1 Å². The lowest BCUT2D eigenvalue weighted by atomic mass is 10.1. The van der Waals surface area contributed by atoms with Crippen molar-refractivity contribution in [1.82, 2.24) is 10.3 Å². The third-order valence-electron chi connectivity index (χ3n) is 2.69. The van der Waals surface area contributed by atoms with Gasteiger partial charge in [-0.05, 0) is 36.7 Å². The molecule has 3 rings (SSSR count). The van der Waals surface area contributed by atoms with Gasteiger partial charge in [-0.3, -0.25) is 0 Å². The summed E-state index contributed by atoms with van der Waals surface area (Å²) in [6.45, 7) is 1.99. The molecule has 0 saturated heterocycles. The molecule has 0 amide bonds. The normalized spacial score (nSPS) is 16.4. The van der Waals surface area contributed by atoms with E-state index in [0.717, 1.165) is 35.1 Å². The van der Waals surface area contributed by atoms with Gasteiger partial charge in [-0.2, -0.15) is 0 Å². The van der Waals surface area contributed by atoms with Crippen molar-refractivity contribution in [2.24, 2.45) is 0 Å². The van der Waals surface area contributed by atoms with Crippen LogP contribution >= 0.6 is 22.9 Å².